The molecule has 0 bridgehead atoms. The Balaban J connectivity index is 3.57. The van der Waals surface area contributed by atoms with Gasteiger partial charge in [-0.1, -0.05) is 34.6 Å². The van der Waals surface area contributed by atoms with Crippen LogP contribution in [0.1, 0.15) is 60.3 Å². The quantitative estimate of drug-likeness (QED) is 0.695. The molecule has 0 aromatic heterocycles. The van der Waals surface area contributed by atoms with Crippen LogP contribution in [0.2, 0.25) is 0 Å². The fraction of sp³-hybridized carbons (Fsp3) is 1.00. The molecule has 0 heterocycles. The van der Waals surface area contributed by atoms with Crippen LogP contribution in [0.25, 0.3) is 0 Å². The first-order chi connectivity index (χ1) is 5.85. The van der Waals surface area contributed by atoms with Crippen molar-refractivity contribution in [2.24, 2.45) is 11.3 Å². The first-order valence-corrected chi connectivity index (χ1v) is 5.53. The summed E-state index contributed by atoms with van der Waals surface area (Å²) in [6, 6.07) is 0. The Hall–Kier alpha value is -0.0400. The molecular weight excluding hydrogens is 160 g/mol. The molecule has 0 radical (unpaired) electrons. The molecule has 0 amide bonds. The third-order valence-corrected chi connectivity index (χ3v) is 2.42. The van der Waals surface area contributed by atoms with E-state index in [1.54, 1.807) is 0 Å². The van der Waals surface area contributed by atoms with Crippen LogP contribution in [0, 0.1) is 11.3 Å². The second kappa shape index (κ2) is 5.64. The molecule has 2 atom stereocenters. The van der Waals surface area contributed by atoms with Gasteiger partial charge in [-0.3, -0.25) is 0 Å². The van der Waals surface area contributed by atoms with E-state index in [2.05, 4.69) is 27.7 Å². The highest BCUT2D eigenvalue weighted by Gasteiger charge is 2.15. The van der Waals surface area contributed by atoms with Crippen molar-refractivity contribution in [3.05, 3.63) is 0 Å². The summed E-state index contributed by atoms with van der Waals surface area (Å²) in [6.07, 6.45) is 4.19. The van der Waals surface area contributed by atoms with Gasteiger partial charge in [0.25, 0.3) is 0 Å². The van der Waals surface area contributed by atoms with Crippen LogP contribution >= 0.6 is 0 Å². The highest BCUT2D eigenvalue weighted by atomic mass is 16.3. The molecule has 80 valence electrons. The van der Waals surface area contributed by atoms with Crippen LogP contribution < -0.4 is 0 Å². The summed E-state index contributed by atoms with van der Waals surface area (Å²) in [5, 5.41) is 9.41. The number of hydrogen-bond acceptors (Lipinski definition) is 1. The first-order valence-electron chi connectivity index (χ1n) is 5.53. The molecule has 2 unspecified atom stereocenters. The van der Waals surface area contributed by atoms with Gasteiger partial charge in [0.05, 0.1) is 6.10 Å². The average molecular weight is 186 g/mol. The second-order valence-corrected chi connectivity index (χ2v) is 5.51. The fourth-order valence-corrected chi connectivity index (χ4v) is 1.83. The Kier molecular flexibility index (Phi) is 5.62. The van der Waals surface area contributed by atoms with Crippen LogP contribution in [0.4, 0.5) is 0 Å². The van der Waals surface area contributed by atoms with E-state index in [0.717, 1.165) is 25.2 Å². The number of aliphatic hydroxyl groups excluding tert-OH is 1. The topological polar surface area (TPSA) is 20.2 Å². The van der Waals surface area contributed by atoms with Crippen LogP contribution in [-0.4, -0.2) is 11.2 Å². The van der Waals surface area contributed by atoms with Crippen LogP contribution in [-0.2, 0) is 0 Å². The molecule has 0 aliphatic carbocycles. The molecule has 1 nitrogen and oxygen atoms in total. The molecule has 0 saturated carbocycles. The maximum absolute atomic E-state index is 9.41. The fourth-order valence-electron chi connectivity index (χ4n) is 1.83. The van der Waals surface area contributed by atoms with Crippen molar-refractivity contribution in [2.75, 3.05) is 0 Å². The third-order valence-electron chi connectivity index (χ3n) is 2.42. The predicted octanol–water partition coefficient (Wildman–Crippen LogP) is 3.61. The summed E-state index contributed by atoms with van der Waals surface area (Å²) < 4.78 is 0. The normalized spacial score (nSPS) is 17.1. The minimum absolute atomic E-state index is 0.0811. The van der Waals surface area contributed by atoms with Crippen LogP contribution in [0.5, 0.6) is 0 Å². The zero-order chi connectivity index (χ0) is 10.5. The summed E-state index contributed by atoms with van der Waals surface area (Å²) in [5.74, 6) is 0.737. The lowest BCUT2D eigenvalue weighted by molar-refractivity contribution is 0.146. The van der Waals surface area contributed by atoms with Gasteiger partial charge in [0.2, 0.25) is 0 Å². The van der Waals surface area contributed by atoms with E-state index < -0.39 is 0 Å². The zero-order valence-electron chi connectivity index (χ0n) is 9.93. The molecule has 1 heteroatoms. The molecule has 0 fully saturated rings. The lowest BCUT2D eigenvalue weighted by atomic mass is 9.83. The Labute approximate surface area is 83.5 Å². The van der Waals surface area contributed by atoms with Gasteiger partial charge in [0.15, 0.2) is 0 Å². The van der Waals surface area contributed by atoms with Crippen LogP contribution in [0.3, 0.4) is 0 Å². The van der Waals surface area contributed by atoms with Gasteiger partial charge in [-0.15, -0.1) is 0 Å². The molecule has 1 N–H and O–H groups in total. The van der Waals surface area contributed by atoms with E-state index in [4.69, 9.17) is 0 Å². The van der Waals surface area contributed by atoms with E-state index in [1.165, 1.54) is 6.42 Å². The number of hydrogen-bond donors (Lipinski definition) is 1. The van der Waals surface area contributed by atoms with E-state index >= 15 is 0 Å². The average Bonchev–Trinajstić information content (AvgIpc) is 1.97. The van der Waals surface area contributed by atoms with Gasteiger partial charge < -0.3 is 5.11 Å². The summed E-state index contributed by atoms with van der Waals surface area (Å²) in [6.45, 7) is 11.2. The summed E-state index contributed by atoms with van der Waals surface area (Å²) in [4.78, 5) is 0. The Morgan fingerprint density at radius 3 is 2.08 bits per heavy atom. The zero-order valence-corrected chi connectivity index (χ0v) is 9.93. The van der Waals surface area contributed by atoms with Crippen molar-refractivity contribution in [1.82, 2.24) is 0 Å². The van der Waals surface area contributed by atoms with E-state index in [-0.39, 0.29) is 6.10 Å². The highest BCUT2D eigenvalue weighted by molar-refractivity contribution is 4.67. The third kappa shape index (κ3) is 8.29. The molecular formula is C12H26O. The van der Waals surface area contributed by atoms with Gasteiger partial charge in [-0.25, -0.2) is 0 Å². The number of rotatable bonds is 5. The first kappa shape index (κ1) is 13.0. The molecule has 0 aliphatic rings. The van der Waals surface area contributed by atoms with Gasteiger partial charge in [0, 0.05) is 0 Å². The van der Waals surface area contributed by atoms with Gasteiger partial charge in [-0.2, -0.15) is 0 Å². The van der Waals surface area contributed by atoms with E-state index in [1.807, 2.05) is 6.92 Å². The minimum Gasteiger partial charge on any atom is -0.393 e. The Morgan fingerprint density at radius 2 is 1.69 bits per heavy atom. The highest BCUT2D eigenvalue weighted by Crippen LogP contribution is 2.27. The SMILES string of the molecule is CCC(O)CCC(C)CC(C)(C)C. The monoisotopic (exact) mass is 186 g/mol. The van der Waals surface area contributed by atoms with Crippen molar-refractivity contribution in [1.29, 1.82) is 0 Å². The molecule has 0 aromatic rings. The van der Waals surface area contributed by atoms with Crippen LogP contribution in [0.15, 0.2) is 0 Å². The summed E-state index contributed by atoms with van der Waals surface area (Å²) >= 11 is 0. The molecule has 0 rings (SSSR count). The second-order valence-electron chi connectivity index (χ2n) is 5.51. The molecule has 0 aromatic carbocycles. The molecule has 0 aliphatic heterocycles. The van der Waals surface area contributed by atoms with Crippen molar-refractivity contribution < 1.29 is 5.11 Å². The van der Waals surface area contributed by atoms with Gasteiger partial charge in [0.1, 0.15) is 0 Å². The Bertz CT molecular complexity index is 124. The standard InChI is InChI=1S/C12H26O/c1-6-11(13)8-7-10(2)9-12(3,4)5/h10-11,13H,6-9H2,1-5H3. The van der Waals surface area contributed by atoms with Crippen molar-refractivity contribution in [2.45, 2.75) is 66.4 Å². The van der Waals surface area contributed by atoms with Crippen molar-refractivity contribution >= 4 is 0 Å². The van der Waals surface area contributed by atoms with Crippen molar-refractivity contribution in [3.8, 4) is 0 Å². The van der Waals surface area contributed by atoms with Gasteiger partial charge >= 0.3 is 0 Å². The predicted molar refractivity (Wildman–Crippen MR) is 58.8 cm³/mol. The summed E-state index contributed by atoms with van der Waals surface area (Å²) in [7, 11) is 0. The van der Waals surface area contributed by atoms with Crippen molar-refractivity contribution in [3.63, 3.8) is 0 Å². The lowest BCUT2D eigenvalue weighted by Gasteiger charge is -2.23. The molecule has 13 heavy (non-hydrogen) atoms. The summed E-state index contributed by atoms with van der Waals surface area (Å²) in [5.41, 5.74) is 0.427. The van der Waals surface area contributed by atoms with E-state index in [9.17, 15) is 5.11 Å². The largest absolute Gasteiger partial charge is 0.393 e. The minimum atomic E-state index is -0.0811. The number of aliphatic hydroxyl groups is 1. The van der Waals surface area contributed by atoms with Gasteiger partial charge in [-0.05, 0) is 37.0 Å². The maximum atomic E-state index is 9.41. The smallest absolute Gasteiger partial charge is 0.0537 e. The molecule has 0 saturated heterocycles. The lowest BCUT2D eigenvalue weighted by Crippen LogP contribution is -2.13. The molecule has 0 spiro atoms. The Morgan fingerprint density at radius 1 is 1.15 bits per heavy atom. The maximum Gasteiger partial charge on any atom is 0.0537 e. The van der Waals surface area contributed by atoms with E-state index in [0.29, 0.717) is 5.41 Å².